The van der Waals surface area contributed by atoms with Gasteiger partial charge in [-0.15, -0.1) is 0 Å². The minimum atomic E-state index is -1.19. The van der Waals surface area contributed by atoms with Crippen LogP contribution in [0.4, 0.5) is 5.69 Å². The molecule has 26 heavy (non-hydrogen) atoms. The molecule has 3 N–H and O–H groups in total. The van der Waals surface area contributed by atoms with E-state index in [4.69, 9.17) is 5.11 Å². The van der Waals surface area contributed by atoms with Crippen LogP contribution < -0.4 is 10.6 Å². The number of amides is 2. The van der Waals surface area contributed by atoms with Crippen molar-refractivity contribution in [2.45, 2.75) is 26.8 Å². The first-order chi connectivity index (χ1) is 12.4. The molecule has 0 radical (unpaired) electrons. The molecule has 2 rings (SSSR count). The average Bonchev–Trinajstić information content (AvgIpc) is 2.65. The van der Waals surface area contributed by atoms with Crippen molar-refractivity contribution in [3.8, 4) is 0 Å². The fourth-order valence-electron chi connectivity index (χ4n) is 2.16. The number of carbonyl (C=O) groups excluding carboxylic acids is 2. The summed E-state index contributed by atoms with van der Waals surface area (Å²) in [5, 5.41) is 14.5. The Balaban J connectivity index is 2.00. The van der Waals surface area contributed by atoms with E-state index in [1.54, 1.807) is 18.2 Å². The minimum Gasteiger partial charge on any atom is -0.477 e. The fourth-order valence-corrected chi connectivity index (χ4v) is 2.16. The highest BCUT2D eigenvalue weighted by Crippen LogP contribution is 2.13. The van der Waals surface area contributed by atoms with Gasteiger partial charge in [-0.25, -0.2) is 9.78 Å². The Hall–Kier alpha value is -3.22. The molecule has 0 aliphatic rings. The maximum absolute atomic E-state index is 12.1. The molecular formula is C19H21N3O4. The van der Waals surface area contributed by atoms with Crippen molar-refractivity contribution in [2.75, 3.05) is 5.32 Å². The summed E-state index contributed by atoms with van der Waals surface area (Å²) in [5.41, 5.74) is 1.31. The molecule has 2 amide bonds. The third-order valence-corrected chi connectivity index (χ3v) is 3.91. The lowest BCUT2D eigenvalue weighted by Crippen LogP contribution is -2.24. The number of anilines is 1. The number of pyridine rings is 1. The molecule has 1 heterocycles. The largest absolute Gasteiger partial charge is 0.477 e. The molecule has 0 aliphatic heterocycles. The molecular weight excluding hydrogens is 334 g/mol. The van der Waals surface area contributed by atoms with Crippen molar-refractivity contribution in [3.05, 3.63) is 59.4 Å². The number of hydrogen-bond donors (Lipinski definition) is 3. The van der Waals surface area contributed by atoms with E-state index in [2.05, 4.69) is 15.6 Å². The second-order valence-electron chi connectivity index (χ2n) is 5.89. The van der Waals surface area contributed by atoms with Gasteiger partial charge in [0.15, 0.2) is 0 Å². The molecule has 7 nitrogen and oxygen atoms in total. The summed E-state index contributed by atoms with van der Waals surface area (Å²) in [7, 11) is 0. The van der Waals surface area contributed by atoms with Crippen LogP contribution in [0.25, 0.3) is 0 Å². The maximum atomic E-state index is 12.1. The first-order valence-electron chi connectivity index (χ1n) is 8.29. The summed E-state index contributed by atoms with van der Waals surface area (Å²) < 4.78 is 0. The zero-order chi connectivity index (χ0) is 19.1. The summed E-state index contributed by atoms with van der Waals surface area (Å²) >= 11 is 0. The van der Waals surface area contributed by atoms with Crippen molar-refractivity contribution in [1.82, 2.24) is 10.3 Å². The van der Waals surface area contributed by atoms with E-state index >= 15 is 0 Å². The summed E-state index contributed by atoms with van der Waals surface area (Å²) in [6.07, 6.45) is 0.754. The third kappa shape index (κ3) is 5.14. The lowest BCUT2D eigenvalue weighted by Gasteiger charge is -2.11. The third-order valence-electron chi connectivity index (χ3n) is 3.91. The Morgan fingerprint density at radius 3 is 2.50 bits per heavy atom. The van der Waals surface area contributed by atoms with Gasteiger partial charge in [0.1, 0.15) is 11.4 Å². The second-order valence-corrected chi connectivity index (χ2v) is 5.89. The van der Waals surface area contributed by atoms with Gasteiger partial charge in [-0.05, 0) is 36.2 Å². The minimum absolute atomic E-state index is 0.0335. The predicted octanol–water partition coefficient (Wildman–Crippen LogP) is 2.69. The Kier molecular flexibility index (Phi) is 6.43. The van der Waals surface area contributed by atoms with Crippen LogP contribution in [-0.2, 0) is 11.3 Å². The van der Waals surface area contributed by atoms with E-state index in [0.29, 0.717) is 5.69 Å². The molecule has 7 heteroatoms. The van der Waals surface area contributed by atoms with E-state index in [0.717, 1.165) is 12.0 Å². The number of rotatable bonds is 7. The normalized spacial score (nSPS) is 11.5. The lowest BCUT2D eigenvalue weighted by atomic mass is 10.1. The number of carboxylic acid groups (broad SMARTS) is 1. The zero-order valence-electron chi connectivity index (χ0n) is 14.7. The Morgan fingerprint density at radius 2 is 1.81 bits per heavy atom. The Morgan fingerprint density at radius 1 is 1.12 bits per heavy atom. The lowest BCUT2D eigenvalue weighted by molar-refractivity contribution is -0.119. The number of nitrogens with one attached hydrogen (secondary N) is 2. The van der Waals surface area contributed by atoms with Gasteiger partial charge in [0.2, 0.25) is 5.91 Å². The average molecular weight is 355 g/mol. The number of nitrogens with zero attached hydrogens (tertiary/aromatic N) is 1. The maximum Gasteiger partial charge on any atom is 0.354 e. The monoisotopic (exact) mass is 355 g/mol. The smallest absolute Gasteiger partial charge is 0.354 e. The summed E-state index contributed by atoms with van der Waals surface area (Å²) in [6.45, 7) is 4.03. The van der Waals surface area contributed by atoms with Gasteiger partial charge in [0.25, 0.3) is 5.91 Å². The highest BCUT2D eigenvalue weighted by Gasteiger charge is 2.12. The van der Waals surface area contributed by atoms with Crippen LogP contribution in [-0.4, -0.2) is 27.9 Å². The molecule has 2 aromatic rings. The number of aromatic nitrogens is 1. The second kappa shape index (κ2) is 8.75. The molecule has 0 saturated heterocycles. The van der Waals surface area contributed by atoms with Gasteiger partial charge in [0.05, 0.1) is 0 Å². The molecule has 1 unspecified atom stereocenters. The quantitative estimate of drug-likeness (QED) is 0.707. The van der Waals surface area contributed by atoms with Crippen LogP contribution in [0, 0.1) is 5.92 Å². The molecule has 0 fully saturated rings. The van der Waals surface area contributed by atoms with Crippen molar-refractivity contribution in [2.24, 2.45) is 5.92 Å². The molecule has 0 saturated carbocycles. The standard InChI is InChI=1S/C19H21N3O4/c1-3-12(2)17(23)21-14-7-4-6-13(10-14)11-20-18(24)15-8-5-9-16(22-15)19(25)26/h4-10,12H,3,11H2,1-2H3,(H,20,24)(H,21,23)(H,25,26). The van der Waals surface area contributed by atoms with E-state index in [1.807, 2.05) is 19.9 Å². The van der Waals surface area contributed by atoms with Crippen molar-refractivity contribution >= 4 is 23.5 Å². The molecule has 1 atom stereocenters. The Bertz CT molecular complexity index is 820. The van der Waals surface area contributed by atoms with Gasteiger partial charge in [-0.1, -0.05) is 32.0 Å². The van der Waals surface area contributed by atoms with Crippen LogP contribution in [0.15, 0.2) is 42.5 Å². The number of carboxylic acids is 1. The molecule has 0 spiro atoms. The van der Waals surface area contributed by atoms with Gasteiger partial charge >= 0.3 is 5.97 Å². The molecule has 1 aromatic heterocycles. The number of carbonyl (C=O) groups is 3. The van der Waals surface area contributed by atoms with Crippen LogP contribution >= 0.6 is 0 Å². The number of hydrogen-bond acceptors (Lipinski definition) is 4. The highest BCUT2D eigenvalue weighted by molar-refractivity contribution is 5.94. The highest BCUT2D eigenvalue weighted by atomic mass is 16.4. The summed E-state index contributed by atoms with van der Waals surface area (Å²) in [5.74, 6) is -1.79. The predicted molar refractivity (Wildman–Crippen MR) is 96.9 cm³/mol. The zero-order valence-corrected chi connectivity index (χ0v) is 14.7. The fraction of sp³-hybridized carbons (Fsp3) is 0.263. The first kappa shape index (κ1) is 19.1. The topological polar surface area (TPSA) is 108 Å². The van der Waals surface area contributed by atoms with E-state index in [9.17, 15) is 14.4 Å². The molecule has 0 bridgehead atoms. The van der Waals surface area contributed by atoms with E-state index < -0.39 is 11.9 Å². The Labute approximate surface area is 151 Å². The van der Waals surface area contributed by atoms with Crippen LogP contribution in [0.3, 0.4) is 0 Å². The molecule has 1 aromatic carbocycles. The van der Waals surface area contributed by atoms with Gasteiger partial charge in [-0.3, -0.25) is 9.59 Å². The van der Waals surface area contributed by atoms with Crippen LogP contribution in [0.2, 0.25) is 0 Å². The van der Waals surface area contributed by atoms with Gasteiger partial charge in [-0.2, -0.15) is 0 Å². The van der Waals surface area contributed by atoms with Crippen LogP contribution in [0.1, 0.15) is 46.8 Å². The molecule has 0 aliphatic carbocycles. The van der Waals surface area contributed by atoms with E-state index in [-0.39, 0.29) is 29.8 Å². The van der Waals surface area contributed by atoms with Crippen molar-refractivity contribution < 1.29 is 19.5 Å². The van der Waals surface area contributed by atoms with Crippen LogP contribution in [0.5, 0.6) is 0 Å². The van der Waals surface area contributed by atoms with E-state index in [1.165, 1.54) is 18.2 Å². The SMILES string of the molecule is CCC(C)C(=O)Nc1cccc(CNC(=O)c2cccc(C(=O)O)n2)c1. The first-order valence-corrected chi connectivity index (χ1v) is 8.29. The molecule has 136 valence electrons. The van der Waals surface area contributed by atoms with Gasteiger partial charge < -0.3 is 15.7 Å². The number of aromatic carboxylic acids is 1. The van der Waals surface area contributed by atoms with Crippen molar-refractivity contribution in [3.63, 3.8) is 0 Å². The summed E-state index contributed by atoms with van der Waals surface area (Å²) in [6, 6.07) is 11.4. The summed E-state index contributed by atoms with van der Waals surface area (Å²) in [4.78, 5) is 38.8. The number of benzene rings is 1. The van der Waals surface area contributed by atoms with Crippen molar-refractivity contribution in [1.29, 1.82) is 0 Å². The van der Waals surface area contributed by atoms with Gasteiger partial charge in [0, 0.05) is 18.2 Å².